The second-order valence-corrected chi connectivity index (χ2v) is 5.35. The molecule has 1 atom stereocenters. The van der Waals surface area contributed by atoms with Gasteiger partial charge in [-0.15, -0.1) is 0 Å². The zero-order chi connectivity index (χ0) is 14.8. The van der Waals surface area contributed by atoms with E-state index in [-0.39, 0.29) is 6.04 Å². The van der Waals surface area contributed by atoms with Crippen LogP contribution < -0.4 is 10.2 Å². The predicted molar refractivity (Wildman–Crippen MR) is 80.3 cm³/mol. The van der Waals surface area contributed by atoms with Crippen LogP contribution in [0.25, 0.3) is 0 Å². The highest BCUT2D eigenvalue weighted by Crippen LogP contribution is 2.31. The van der Waals surface area contributed by atoms with E-state index < -0.39 is 11.6 Å². The molecule has 2 aromatic rings. The van der Waals surface area contributed by atoms with Crippen molar-refractivity contribution in [1.29, 1.82) is 0 Å². The lowest BCUT2D eigenvalue weighted by atomic mass is 10.0. The maximum atomic E-state index is 13.5. The molecule has 2 nitrogen and oxygen atoms in total. The molecule has 3 rings (SSSR count). The Bertz CT molecular complexity index is 642. The van der Waals surface area contributed by atoms with E-state index in [4.69, 9.17) is 0 Å². The quantitative estimate of drug-likeness (QED) is 0.907. The molecule has 0 fully saturated rings. The summed E-state index contributed by atoms with van der Waals surface area (Å²) in [6.07, 6.45) is 0. The van der Waals surface area contributed by atoms with Gasteiger partial charge in [-0.25, -0.2) is 8.78 Å². The van der Waals surface area contributed by atoms with Crippen LogP contribution in [0.15, 0.2) is 42.5 Å². The highest BCUT2D eigenvalue weighted by molar-refractivity contribution is 5.56. The third kappa shape index (κ3) is 2.76. The Kier molecular flexibility index (Phi) is 3.88. The summed E-state index contributed by atoms with van der Waals surface area (Å²) >= 11 is 0. The van der Waals surface area contributed by atoms with Crippen LogP contribution in [-0.2, 0) is 6.54 Å². The fraction of sp³-hybridized carbons (Fsp3) is 0.294. The molecular formula is C17H18F2N2. The Morgan fingerprint density at radius 3 is 2.71 bits per heavy atom. The molecule has 1 unspecified atom stereocenters. The van der Waals surface area contributed by atoms with Crippen molar-refractivity contribution >= 4 is 5.69 Å². The van der Waals surface area contributed by atoms with Crippen LogP contribution in [0, 0.1) is 11.6 Å². The minimum Gasteiger partial charge on any atom is -0.363 e. The number of nitrogens with zero attached hydrogens (tertiary/aromatic N) is 1. The average Bonchev–Trinajstić information content (AvgIpc) is 2.71. The van der Waals surface area contributed by atoms with E-state index in [0.29, 0.717) is 0 Å². The molecule has 4 heteroatoms. The number of halogens is 2. The van der Waals surface area contributed by atoms with Crippen molar-refractivity contribution in [2.45, 2.75) is 19.5 Å². The maximum absolute atomic E-state index is 13.5. The zero-order valence-electron chi connectivity index (χ0n) is 11.9. The molecule has 1 heterocycles. The molecular weight excluding hydrogens is 270 g/mol. The van der Waals surface area contributed by atoms with Crippen molar-refractivity contribution in [3.05, 3.63) is 65.2 Å². The highest BCUT2D eigenvalue weighted by atomic mass is 19.2. The number of fused-ring (bicyclic) bond motifs is 1. The molecule has 0 saturated heterocycles. The lowest BCUT2D eigenvalue weighted by molar-refractivity contribution is 0.504. The molecule has 110 valence electrons. The molecule has 1 aliphatic heterocycles. The van der Waals surface area contributed by atoms with Gasteiger partial charge in [0.1, 0.15) is 0 Å². The number of nitrogens with one attached hydrogen (secondary N) is 1. The summed E-state index contributed by atoms with van der Waals surface area (Å²) in [6, 6.07) is 12.3. The van der Waals surface area contributed by atoms with Crippen LogP contribution in [0.2, 0.25) is 0 Å². The first-order valence-corrected chi connectivity index (χ1v) is 7.17. The lowest BCUT2D eigenvalue weighted by Gasteiger charge is -2.31. The summed E-state index contributed by atoms with van der Waals surface area (Å²) in [5.74, 6) is -1.59. The molecule has 1 aliphatic rings. The fourth-order valence-corrected chi connectivity index (χ4v) is 2.84. The van der Waals surface area contributed by atoms with Crippen molar-refractivity contribution in [1.82, 2.24) is 5.32 Å². The second kappa shape index (κ2) is 5.82. The minimum absolute atomic E-state index is 0.0128. The third-order valence-corrected chi connectivity index (χ3v) is 4.04. The molecule has 0 aromatic heterocycles. The molecule has 2 aromatic carbocycles. The number of anilines is 1. The monoisotopic (exact) mass is 288 g/mol. The van der Waals surface area contributed by atoms with E-state index in [0.717, 1.165) is 30.9 Å². The molecule has 0 radical (unpaired) electrons. The standard InChI is InChI=1S/C17H18F2N2/c1-12(13-6-7-15(18)16(19)10-13)21-9-8-20-11-14-4-2-3-5-17(14)21/h2-7,10,12,20H,8-9,11H2,1H3. The summed E-state index contributed by atoms with van der Waals surface area (Å²) in [6.45, 7) is 4.55. The third-order valence-electron chi connectivity index (χ3n) is 4.04. The van der Waals surface area contributed by atoms with Crippen molar-refractivity contribution < 1.29 is 8.78 Å². The zero-order valence-corrected chi connectivity index (χ0v) is 11.9. The SMILES string of the molecule is CC(c1ccc(F)c(F)c1)N1CCNCc2ccccc21. The van der Waals surface area contributed by atoms with Gasteiger partial charge in [0.2, 0.25) is 0 Å². The van der Waals surface area contributed by atoms with Gasteiger partial charge in [-0.1, -0.05) is 24.3 Å². The maximum Gasteiger partial charge on any atom is 0.159 e. The van der Waals surface area contributed by atoms with Gasteiger partial charge in [0, 0.05) is 25.3 Å². The van der Waals surface area contributed by atoms with Gasteiger partial charge in [-0.3, -0.25) is 0 Å². The van der Waals surface area contributed by atoms with Crippen LogP contribution in [-0.4, -0.2) is 13.1 Å². The first-order chi connectivity index (χ1) is 10.2. The van der Waals surface area contributed by atoms with Gasteiger partial charge in [-0.2, -0.15) is 0 Å². The van der Waals surface area contributed by atoms with Crippen LogP contribution in [0.1, 0.15) is 24.1 Å². The minimum atomic E-state index is -0.802. The summed E-state index contributed by atoms with van der Waals surface area (Å²) in [5, 5.41) is 3.38. The first kappa shape index (κ1) is 14.0. The van der Waals surface area contributed by atoms with E-state index in [1.165, 1.54) is 17.7 Å². The van der Waals surface area contributed by atoms with Gasteiger partial charge >= 0.3 is 0 Å². The summed E-state index contributed by atoms with van der Waals surface area (Å²) < 4.78 is 26.6. The Morgan fingerprint density at radius 2 is 1.90 bits per heavy atom. The second-order valence-electron chi connectivity index (χ2n) is 5.35. The van der Waals surface area contributed by atoms with E-state index in [1.807, 2.05) is 19.1 Å². The smallest absolute Gasteiger partial charge is 0.159 e. The largest absolute Gasteiger partial charge is 0.363 e. The van der Waals surface area contributed by atoms with Gasteiger partial charge in [0.05, 0.1) is 6.04 Å². The van der Waals surface area contributed by atoms with Crippen molar-refractivity contribution in [3.63, 3.8) is 0 Å². The van der Waals surface area contributed by atoms with Gasteiger partial charge < -0.3 is 10.2 Å². The topological polar surface area (TPSA) is 15.3 Å². The molecule has 1 N–H and O–H groups in total. The summed E-state index contributed by atoms with van der Waals surface area (Å²) in [4.78, 5) is 2.24. The molecule has 21 heavy (non-hydrogen) atoms. The van der Waals surface area contributed by atoms with E-state index in [9.17, 15) is 8.78 Å². The van der Waals surface area contributed by atoms with E-state index >= 15 is 0 Å². The van der Waals surface area contributed by atoms with Gasteiger partial charge in [-0.05, 0) is 36.2 Å². The number of hydrogen-bond acceptors (Lipinski definition) is 2. The Hall–Kier alpha value is -1.94. The molecule has 0 spiro atoms. The Morgan fingerprint density at radius 1 is 1.10 bits per heavy atom. The fourth-order valence-electron chi connectivity index (χ4n) is 2.84. The Balaban J connectivity index is 1.96. The normalized spacial score (nSPS) is 16.2. The van der Waals surface area contributed by atoms with Gasteiger partial charge in [0.25, 0.3) is 0 Å². The van der Waals surface area contributed by atoms with E-state index in [2.05, 4.69) is 22.3 Å². The van der Waals surface area contributed by atoms with Crippen LogP contribution in [0.4, 0.5) is 14.5 Å². The van der Waals surface area contributed by atoms with Crippen molar-refractivity contribution in [2.24, 2.45) is 0 Å². The van der Waals surface area contributed by atoms with Gasteiger partial charge in [0.15, 0.2) is 11.6 Å². The number of benzene rings is 2. The highest BCUT2D eigenvalue weighted by Gasteiger charge is 2.21. The number of para-hydroxylation sites is 1. The van der Waals surface area contributed by atoms with Crippen LogP contribution in [0.5, 0.6) is 0 Å². The molecule has 0 saturated carbocycles. The number of hydrogen-bond donors (Lipinski definition) is 1. The van der Waals surface area contributed by atoms with Crippen LogP contribution in [0.3, 0.4) is 0 Å². The predicted octanol–water partition coefficient (Wildman–Crippen LogP) is 3.64. The average molecular weight is 288 g/mol. The molecule has 0 aliphatic carbocycles. The van der Waals surface area contributed by atoms with E-state index in [1.54, 1.807) is 6.07 Å². The van der Waals surface area contributed by atoms with Crippen molar-refractivity contribution in [2.75, 3.05) is 18.0 Å². The molecule has 0 bridgehead atoms. The molecule has 0 amide bonds. The van der Waals surface area contributed by atoms with Crippen molar-refractivity contribution in [3.8, 4) is 0 Å². The summed E-state index contributed by atoms with van der Waals surface area (Å²) in [5.41, 5.74) is 3.16. The lowest BCUT2D eigenvalue weighted by Crippen LogP contribution is -2.31. The van der Waals surface area contributed by atoms with Crippen LogP contribution >= 0.6 is 0 Å². The summed E-state index contributed by atoms with van der Waals surface area (Å²) in [7, 11) is 0. The number of rotatable bonds is 2. The first-order valence-electron chi connectivity index (χ1n) is 7.17. The Labute approximate surface area is 123 Å².